The summed E-state index contributed by atoms with van der Waals surface area (Å²) in [5.41, 5.74) is 6.38. The summed E-state index contributed by atoms with van der Waals surface area (Å²) in [6.07, 6.45) is 1.06. The number of pyridine rings is 1. The van der Waals surface area contributed by atoms with E-state index < -0.39 is 0 Å². The van der Waals surface area contributed by atoms with Crippen LogP contribution in [0.25, 0.3) is 0 Å². The predicted octanol–water partition coefficient (Wildman–Crippen LogP) is 3.98. The van der Waals surface area contributed by atoms with Crippen molar-refractivity contribution in [2.75, 3.05) is 20.2 Å². The van der Waals surface area contributed by atoms with E-state index in [-0.39, 0.29) is 11.9 Å². The van der Waals surface area contributed by atoms with Gasteiger partial charge in [-0.05, 0) is 75.9 Å². The van der Waals surface area contributed by atoms with Crippen LogP contribution in [0, 0.1) is 27.7 Å². The zero-order valence-corrected chi connectivity index (χ0v) is 18.3. The molecule has 154 valence electrons. The molecule has 0 saturated carbocycles. The number of hydrogen-bond donors (Lipinski definition) is 0. The Hall–Kier alpha value is -2.40. The summed E-state index contributed by atoms with van der Waals surface area (Å²) in [4.78, 5) is 22.3. The highest BCUT2D eigenvalue weighted by Gasteiger charge is 2.47. The first-order valence-electron chi connectivity index (χ1n) is 10.5. The van der Waals surface area contributed by atoms with Crippen LogP contribution in [-0.2, 0) is 0 Å². The van der Waals surface area contributed by atoms with Gasteiger partial charge in [0.15, 0.2) is 0 Å². The van der Waals surface area contributed by atoms with Crippen molar-refractivity contribution in [3.8, 4) is 5.75 Å². The number of amides is 1. The number of fused-ring (bicyclic) bond motifs is 2. The smallest absolute Gasteiger partial charge is 0.256 e. The standard InChI is InChI=1S/C24H31N3O2/c1-14-7-8-22(17(4)25-14)24(28)27-13-19-11-20(27)12-26(19)18(5)21-9-10-23(29-6)16(3)15(21)2/h7-10,18-20H,11-13H2,1-6H3/t18-,19-,20-/m0/s1. The molecule has 0 N–H and O–H groups in total. The van der Waals surface area contributed by atoms with Gasteiger partial charge >= 0.3 is 0 Å². The minimum Gasteiger partial charge on any atom is -0.496 e. The molecule has 5 nitrogen and oxygen atoms in total. The number of piperazine rings is 1. The van der Waals surface area contributed by atoms with Gasteiger partial charge in [0.05, 0.1) is 18.4 Å². The van der Waals surface area contributed by atoms with Crippen molar-refractivity contribution in [1.29, 1.82) is 0 Å². The highest BCUT2D eigenvalue weighted by atomic mass is 16.5. The third-order valence-corrected chi connectivity index (χ3v) is 6.95. The Labute approximate surface area is 173 Å². The molecule has 5 heteroatoms. The molecule has 3 atom stereocenters. The zero-order chi connectivity index (χ0) is 20.9. The lowest BCUT2D eigenvalue weighted by atomic mass is 9.96. The van der Waals surface area contributed by atoms with Gasteiger partial charge in [0, 0.05) is 36.9 Å². The lowest BCUT2D eigenvalue weighted by Gasteiger charge is -2.38. The molecule has 2 bridgehead atoms. The van der Waals surface area contributed by atoms with Gasteiger partial charge in [-0.1, -0.05) is 6.07 Å². The van der Waals surface area contributed by atoms with Crippen molar-refractivity contribution in [2.24, 2.45) is 0 Å². The highest BCUT2D eigenvalue weighted by molar-refractivity contribution is 5.95. The molecule has 0 spiro atoms. The number of nitrogens with zero attached hydrogens (tertiary/aromatic N) is 3. The Morgan fingerprint density at radius 2 is 1.83 bits per heavy atom. The molecule has 29 heavy (non-hydrogen) atoms. The van der Waals surface area contributed by atoms with Gasteiger partial charge in [-0.25, -0.2) is 0 Å². The Morgan fingerprint density at radius 3 is 2.45 bits per heavy atom. The Bertz CT molecular complexity index is 955. The largest absolute Gasteiger partial charge is 0.496 e. The van der Waals surface area contributed by atoms with E-state index in [2.05, 4.69) is 47.7 Å². The molecule has 2 fully saturated rings. The van der Waals surface area contributed by atoms with Crippen LogP contribution in [-0.4, -0.2) is 53.0 Å². The number of carbonyl (C=O) groups is 1. The average molecular weight is 394 g/mol. The summed E-state index contributed by atoms with van der Waals surface area (Å²) >= 11 is 0. The van der Waals surface area contributed by atoms with E-state index in [1.807, 2.05) is 26.0 Å². The lowest BCUT2D eigenvalue weighted by Crippen LogP contribution is -2.49. The number of ether oxygens (including phenoxy) is 1. The maximum Gasteiger partial charge on any atom is 0.256 e. The van der Waals surface area contributed by atoms with Crippen LogP contribution in [0.1, 0.15) is 57.8 Å². The van der Waals surface area contributed by atoms with Gasteiger partial charge in [-0.15, -0.1) is 0 Å². The summed E-state index contributed by atoms with van der Waals surface area (Å²) in [5.74, 6) is 1.08. The number of hydrogen-bond acceptors (Lipinski definition) is 4. The van der Waals surface area contributed by atoms with E-state index in [1.54, 1.807) is 7.11 Å². The zero-order valence-electron chi connectivity index (χ0n) is 18.3. The van der Waals surface area contributed by atoms with Crippen LogP contribution < -0.4 is 4.74 Å². The highest BCUT2D eigenvalue weighted by Crippen LogP contribution is 2.39. The molecule has 1 amide bonds. The minimum absolute atomic E-state index is 0.131. The Morgan fingerprint density at radius 1 is 1.07 bits per heavy atom. The Kier molecular flexibility index (Phi) is 5.11. The summed E-state index contributed by atoms with van der Waals surface area (Å²) in [6, 6.07) is 9.16. The summed E-state index contributed by atoms with van der Waals surface area (Å²) < 4.78 is 5.47. The van der Waals surface area contributed by atoms with Crippen LogP contribution in [0.15, 0.2) is 24.3 Å². The Balaban J connectivity index is 1.51. The molecule has 2 saturated heterocycles. The molecular weight excluding hydrogens is 362 g/mol. The molecule has 3 heterocycles. The quantitative estimate of drug-likeness (QED) is 0.788. The van der Waals surface area contributed by atoms with Crippen molar-refractivity contribution < 1.29 is 9.53 Å². The molecule has 2 aliphatic heterocycles. The lowest BCUT2D eigenvalue weighted by molar-refractivity contribution is 0.0567. The summed E-state index contributed by atoms with van der Waals surface area (Å²) in [6.45, 7) is 12.2. The number of carbonyl (C=O) groups excluding carboxylic acids is 1. The van der Waals surface area contributed by atoms with E-state index in [1.165, 1.54) is 16.7 Å². The molecule has 1 aromatic carbocycles. The third-order valence-electron chi connectivity index (χ3n) is 6.95. The van der Waals surface area contributed by atoms with Gasteiger partial charge < -0.3 is 9.64 Å². The second kappa shape index (κ2) is 7.45. The molecule has 1 aromatic heterocycles. The van der Waals surface area contributed by atoms with Crippen molar-refractivity contribution in [3.05, 3.63) is 57.9 Å². The van der Waals surface area contributed by atoms with Gasteiger partial charge in [0.2, 0.25) is 0 Å². The number of aromatic nitrogens is 1. The van der Waals surface area contributed by atoms with Crippen LogP contribution in [0.4, 0.5) is 0 Å². The molecule has 2 aliphatic rings. The first kappa shape index (κ1) is 19.9. The number of rotatable bonds is 4. The van der Waals surface area contributed by atoms with Gasteiger partial charge in [0.1, 0.15) is 5.75 Å². The molecule has 2 aromatic rings. The normalized spacial score (nSPS) is 22.2. The maximum atomic E-state index is 13.1. The van der Waals surface area contributed by atoms with Crippen molar-refractivity contribution >= 4 is 5.91 Å². The van der Waals surface area contributed by atoms with Crippen LogP contribution in [0.2, 0.25) is 0 Å². The third kappa shape index (κ3) is 3.31. The summed E-state index contributed by atoms with van der Waals surface area (Å²) in [5, 5.41) is 0. The molecule has 0 radical (unpaired) electrons. The van der Waals surface area contributed by atoms with E-state index in [0.29, 0.717) is 12.1 Å². The fourth-order valence-electron chi connectivity index (χ4n) is 5.16. The maximum absolute atomic E-state index is 13.1. The van der Waals surface area contributed by atoms with E-state index in [4.69, 9.17) is 4.74 Å². The first-order chi connectivity index (χ1) is 13.8. The average Bonchev–Trinajstić information content (AvgIpc) is 3.30. The monoisotopic (exact) mass is 393 g/mol. The van der Waals surface area contributed by atoms with E-state index in [0.717, 1.165) is 42.2 Å². The molecule has 0 unspecified atom stereocenters. The summed E-state index contributed by atoms with van der Waals surface area (Å²) in [7, 11) is 1.72. The van der Waals surface area contributed by atoms with Crippen LogP contribution in [0.3, 0.4) is 0 Å². The number of benzene rings is 1. The van der Waals surface area contributed by atoms with Gasteiger partial charge in [-0.2, -0.15) is 0 Å². The second-order valence-electron chi connectivity index (χ2n) is 8.57. The molecule has 0 aliphatic carbocycles. The number of likely N-dealkylation sites (tertiary alicyclic amines) is 2. The minimum atomic E-state index is 0.131. The van der Waals surface area contributed by atoms with E-state index >= 15 is 0 Å². The van der Waals surface area contributed by atoms with Crippen molar-refractivity contribution in [1.82, 2.24) is 14.8 Å². The van der Waals surface area contributed by atoms with Gasteiger partial charge in [-0.3, -0.25) is 14.7 Å². The van der Waals surface area contributed by atoms with Crippen LogP contribution >= 0.6 is 0 Å². The van der Waals surface area contributed by atoms with Gasteiger partial charge in [0.25, 0.3) is 5.91 Å². The van der Waals surface area contributed by atoms with Crippen molar-refractivity contribution in [3.63, 3.8) is 0 Å². The molecule has 4 rings (SSSR count). The second-order valence-corrected chi connectivity index (χ2v) is 8.57. The number of methoxy groups -OCH3 is 1. The molecular formula is C24H31N3O2. The first-order valence-corrected chi connectivity index (χ1v) is 10.5. The van der Waals surface area contributed by atoms with Crippen LogP contribution in [0.5, 0.6) is 5.75 Å². The van der Waals surface area contributed by atoms with E-state index in [9.17, 15) is 4.79 Å². The van der Waals surface area contributed by atoms with Crippen molar-refractivity contribution in [2.45, 2.75) is 59.2 Å². The number of aryl methyl sites for hydroxylation is 2. The fraction of sp³-hybridized carbons (Fsp3) is 0.500. The SMILES string of the molecule is COc1ccc([C@H](C)N2C[C@@H]3C[C@H]2CN3C(=O)c2ccc(C)nc2C)c(C)c1C. The fourth-order valence-corrected chi connectivity index (χ4v) is 5.16. The predicted molar refractivity (Wildman–Crippen MR) is 115 cm³/mol. The topological polar surface area (TPSA) is 45.7 Å².